The van der Waals surface area contributed by atoms with E-state index >= 15 is 0 Å². The molecular weight excluding hydrogens is 438 g/mol. The van der Waals surface area contributed by atoms with Crippen LogP contribution in [0.5, 0.6) is 5.75 Å². The molecule has 33 heavy (non-hydrogen) atoms. The minimum Gasteiger partial charge on any atom is -0.493 e. The molecule has 0 aliphatic heterocycles. The maximum atomic E-state index is 12.7. The van der Waals surface area contributed by atoms with Crippen LogP contribution in [0.3, 0.4) is 0 Å². The first-order chi connectivity index (χ1) is 16.0. The average Bonchev–Trinajstić information content (AvgIpc) is 2.83. The highest BCUT2D eigenvalue weighted by Gasteiger charge is 2.13. The Morgan fingerprint density at radius 1 is 0.939 bits per heavy atom. The van der Waals surface area contributed by atoms with Crippen molar-refractivity contribution in [1.29, 1.82) is 0 Å². The molecule has 3 rings (SSSR count). The molecule has 3 aromatic carbocycles. The van der Waals surface area contributed by atoms with Gasteiger partial charge in [-0.1, -0.05) is 67.8 Å². The summed E-state index contributed by atoms with van der Waals surface area (Å²) in [4.78, 5) is 23.7. The molecule has 0 heterocycles. The number of amides is 1. The Morgan fingerprint density at radius 2 is 1.61 bits per heavy atom. The van der Waals surface area contributed by atoms with E-state index in [9.17, 15) is 9.59 Å². The van der Waals surface area contributed by atoms with Crippen molar-refractivity contribution < 1.29 is 19.4 Å². The zero-order valence-corrected chi connectivity index (χ0v) is 19.4. The molecule has 0 unspecified atom stereocenters. The summed E-state index contributed by atoms with van der Waals surface area (Å²) in [5.74, 6) is -0.601. The third-order valence-corrected chi connectivity index (χ3v) is 5.55. The number of hydrogen-bond donors (Lipinski definition) is 2. The van der Waals surface area contributed by atoms with Gasteiger partial charge in [0.1, 0.15) is 5.75 Å². The Kier molecular flexibility index (Phi) is 8.90. The monoisotopic (exact) mass is 465 g/mol. The molecule has 0 aromatic heterocycles. The summed E-state index contributed by atoms with van der Waals surface area (Å²) in [6, 6.07) is 19.9. The van der Waals surface area contributed by atoms with Crippen molar-refractivity contribution in [3.63, 3.8) is 0 Å². The Bertz CT molecular complexity index is 1080. The lowest BCUT2D eigenvalue weighted by molar-refractivity contribution is 0.0696. The first kappa shape index (κ1) is 24.3. The van der Waals surface area contributed by atoms with Gasteiger partial charge in [-0.2, -0.15) is 0 Å². The molecule has 0 atom stereocenters. The Labute approximate surface area is 199 Å². The number of halogens is 1. The lowest BCUT2D eigenvalue weighted by atomic mass is 10.0. The van der Waals surface area contributed by atoms with Crippen LogP contribution >= 0.6 is 11.6 Å². The highest BCUT2D eigenvalue weighted by atomic mass is 35.5. The van der Waals surface area contributed by atoms with E-state index in [2.05, 4.69) is 12.2 Å². The molecule has 0 fully saturated rings. The Morgan fingerprint density at radius 3 is 2.24 bits per heavy atom. The number of benzene rings is 3. The van der Waals surface area contributed by atoms with Crippen LogP contribution in [0.4, 0.5) is 0 Å². The number of carbonyl (C=O) groups excluding carboxylic acids is 1. The topological polar surface area (TPSA) is 75.6 Å². The smallest absolute Gasteiger partial charge is 0.335 e. The third kappa shape index (κ3) is 7.09. The molecule has 0 aliphatic carbocycles. The summed E-state index contributed by atoms with van der Waals surface area (Å²) in [7, 11) is 0. The average molecular weight is 466 g/mol. The van der Waals surface area contributed by atoms with Crippen LogP contribution in [0.15, 0.2) is 66.7 Å². The minimum atomic E-state index is -0.938. The zero-order chi connectivity index (χ0) is 23.6. The largest absolute Gasteiger partial charge is 0.493 e. The summed E-state index contributed by atoms with van der Waals surface area (Å²) >= 11 is 6.10. The Balaban J connectivity index is 1.55. The van der Waals surface area contributed by atoms with Crippen LogP contribution in [-0.4, -0.2) is 30.1 Å². The molecular formula is C27H28ClNO4. The van der Waals surface area contributed by atoms with Gasteiger partial charge in [0.05, 0.1) is 17.7 Å². The lowest BCUT2D eigenvalue weighted by Gasteiger charge is -2.12. The molecule has 0 aliphatic rings. The number of unbranched alkanes of at least 4 members (excludes halogenated alkanes) is 2. The molecule has 1 amide bonds. The summed E-state index contributed by atoms with van der Waals surface area (Å²) in [6.07, 6.45) is 3.81. The van der Waals surface area contributed by atoms with E-state index in [-0.39, 0.29) is 11.5 Å². The van der Waals surface area contributed by atoms with E-state index in [1.165, 1.54) is 0 Å². The lowest BCUT2D eigenvalue weighted by Crippen LogP contribution is -2.26. The highest BCUT2D eigenvalue weighted by molar-refractivity contribution is 6.31. The number of carboxylic acid groups (broad SMARTS) is 1. The number of rotatable bonds is 11. The summed E-state index contributed by atoms with van der Waals surface area (Å²) < 4.78 is 5.80. The molecule has 0 bridgehead atoms. The van der Waals surface area contributed by atoms with Crippen molar-refractivity contribution in [1.82, 2.24) is 5.32 Å². The highest BCUT2D eigenvalue weighted by Crippen LogP contribution is 2.24. The van der Waals surface area contributed by atoms with E-state index < -0.39 is 5.97 Å². The maximum Gasteiger partial charge on any atom is 0.335 e. The predicted molar refractivity (Wildman–Crippen MR) is 131 cm³/mol. The Hall–Kier alpha value is -3.31. The van der Waals surface area contributed by atoms with Gasteiger partial charge in [0.25, 0.3) is 5.91 Å². The molecule has 2 N–H and O–H groups in total. The number of ether oxygens (including phenoxy) is 1. The summed E-state index contributed by atoms with van der Waals surface area (Å²) in [5.41, 5.74) is 3.75. The van der Waals surface area contributed by atoms with Crippen molar-refractivity contribution >= 4 is 23.5 Å². The van der Waals surface area contributed by atoms with Crippen molar-refractivity contribution in [3.05, 3.63) is 88.4 Å². The van der Waals surface area contributed by atoms with Gasteiger partial charge >= 0.3 is 5.97 Å². The van der Waals surface area contributed by atoms with E-state index in [1.807, 2.05) is 24.3 Å². The van der Waals surface area contributed by atoms with Crippen molar-refractivity contribution in [2.45, 2.75) is 32.6 Å². The van der Waals surface area contributed by atoms with Gasteiger partial charge in [0, 0.05) is 11.6 Å². The molecule has 0 spiro atoms. The van der Waals surface area contributed by atoms with Crippen molar-refractivity contribution in [2.24, 2.45) is 0 Å². The van der Waals surface area contributed by atoms with Crippen LogP contribution in [0.1, 0.15) is 52.5 Å². The van der Waals surface area contributed by atoms with E-state index in [1.54, 1.807) is 42.5 Å². The third-order valence-electron chi connectivity index (χ3n) is 5.31. The van der Waals surface area contributed by atoms with Gasteiger partial charge in [-0.15, -0.1) is 0 Å². The van der Waals surface area contributed by atoms with Crippen LogP contribution in [0.25, 0.3) is 11.1 Å². The number of carbonyl (C=O) groups is 2. The standard InChI is InChI=1S/C27H28ClNO4/c1-2-3-4-17-33-25-14-13-23(28)18-24(25)26(30)29-16-15-19-5-7-20(8-6-19)21-9-11-22(12-10-21)27(31)32/h5-14,18H,2-4,15-17H2,1H3,(H,29,30)(H,31,32). The molecule has 6 heteroatoms. The fourth-order valence-electron chi connectivity index (χ4n) is 3.42. The van der Waals surface area contributed by atoms with Crippen LogP contribution in [-0.2, 0) is 6.42 Å². The molecule has 172 valence electrons. The fourth-order valence-corrected chi connectivity index (χ4v) is 3.60. The van der Waals surface area contributed by atoms with Crippen LogP contribution < -0.4 is 10.1 Å². The van der Waals surface area contributed by atoms with Crippen molar-refractivity contribution in [2.75, 3.05) is 13.2 Å². The van der Waals surface area contributed by atoms with Crippen molar-refractivity contribution in [3.8, 4) is 16.9 Å². The van der Waals surface area contributed by atoms with E-state index in [4.69, 9.17) is 21.4 Å². The summed E-state index contributed by atoms with van der Waals surface area (Å²) in [6.45, 7) is 3.18. The fraction of sp³-hybridized carbons (Fsp3) is 0.259. The van der Waals surface area contributed by atoms with Gasteiger partial charge in [-0.25, -0.2) is 4.79 Å². The summed E-state index contributed by atoms with van der Waals surface area (Å²) in [5, 5.41) is 12.5. The first-order valence-electron chi connectivity index (χ1n) is 11.1. The van der Waals surface area contributed by atoms with Gasteiger partial charge < -0.3 is 15.2 Å². The molecule has 5 nitrogen and oxygen atoms in total. The van der Waals surface area contributed by atoms with Crippen LogP contribution in [0, 0.1) is 0 Å². The second-order valence-electron chi connectivity index (χ2n) is 7.78. The van der Waals surface area contributed by atoms with Gasteiger partial charge in [-0.3, -0.25) is 4.79 Å². The van der Waals surface area contributed by atoms with Gasteiger partial charge in [0.15, 0.2) is 0 Å². The number of nitrogens with one attached hydrogen (secondary N) is 1. The number of aromatic carboxylic acids is 1. The SMILES string of the molecule is CCCCCOc1ccc(Cl)cc1C(=O)NCCc1ccc(-c2ccc(C(=O)O)cc2)cc1. The first-order valence-corrected chi connectivity index (χ1v) is 11.5. The second kappa shape index (κ2) is 12.1. The minimum absolute atomic E-state index is 0.210. The normalized spacial score (nSPS) is 10.6. The molecule has 0 saturated heterocycles. The number of carboxylic acids is 1. The second-order valence-corrected chi connectivity index (χ2v) is 8.22. The maximum absolute atomic E-state index is 12.7. The molecule has 0 saturated carbocycles. The predicted octanol–water partition coefficient (Wildman–Crippen LogP) is 6.25. The number of hydrogen-bond acceptors (Lipinski definition) is 3. The van der Waals surface area contributed by atoms with E-state index in [0.717, 1.165) is 36.0 Å². The molecule has 0 radical (unpaired) electrons. The van der Waals surface area contributed by atoms with Gasteiger partial charge in [-0.05, 0) is 59.9 Å². The van der Waals surface area contributed by atoms with Gasteiger partial charge in [0.2, 0.25) is 0 Å². The zero-order valence-electron chi connectivity index (χ0n) is 18.6. The molecule has 3 aromatic rings. The van der Waals surface area contributed by atoms with E-state index in [0.29, 0.717) is 35.9 Å². The van der Waals surface area contributed by atoms with Crippen LogP contribution in [0.2, 0.25) is 5.02 Å². The quantitative estimate of drug-likeness (QED) is 0.328.